The number of nitrogens with two attached hydrogens (primary N) is 1. The van der Waals surface area contributed by atoms with Crippen LogP contribution >= 0.6 is 0 Å². The third kappa shape index (κ3) is 2.29. The zero-order valence-corrected chi connectivity index (χ0v) is 11.4. The van der Waals surface area contributed by atoms with Crippen molar-refractivity contribution < 1.29 is 4.79 Å². The predicted molar refractivity (Wildman–Crippen MR) is 72.1 cm³/mol. The Morgan fingerprint density at radius 2 is 1.83 bits per heavy atom. The van der Waals surface area contributed by atoms with Crippen molar-refractivity contribution in [2.45, 2.75) is 75.8 Å². The Kier molecular flexibility index (Phi) is 3.35. The summed E-state index contributed by atoms with van der Waals surface area (Å²) < 4.78 is 0. The fourth-order valence-corrected chi connectivity index (χ4v) is 4.14. The second-order valence-corrected chi connectivity index (χ2v) is 6.73. The number of hydrogen-bond donors (Lipinski definition) is 1. The van der Waals surface area contributed by atoms with Crippen LogP contribution in [0.5, 0.6) is 0 Å². The van der Waals surface area contributed by atoms with Gasteiger partial charge in [-0.1, -0.05) is 12.8 Å². The SMILES string of the molecule is NC1(CC(=O)N2CCCC3CCCCC32)CCC1. The molecule has 3 heteroatoms. The molecule has 0 radical (unpaired) electrons. The first-order valence-electron chi connectivity index (χ1n) is 7.76. The second kappa shape index (κ2) is 4.84. The molecular weight excluding hydrogens is 224 g/mol. The van der Waals surface area contributed by atoms with E-state index < -0.39 is 0 Å². The van der Waals surface area contributed by atoms with Crippen molar-refractivity contribution in [3.05, 3.63) is 0 Å². The van der Waals surface area contributed by atoms with Gasteiger partial charge in [0.2, 0.25) is 5.91 Å². The van der Waals surface area contributed by atoms with Gasteiger partial charge in [0.15, 0.2) is 0 Å². The number of nitrogens with zero attached hydrogens (tertiary/aromatic N) is 1. The summed E-state index contributed by atoms with van der Waals surface area (Å²) in [6.45, 7) is 0.982. The van der Waals surface area contributed by atoms with Gasteiger partial charge in [-0.3, -0.25) is 4.79 Å². The Balaban J connectivity index is 1.64. The van der Waals surface area contributed by atoms with Gasteiger partial charge in [-0.15, -0.1) is 0 Å². The van der Waals surface area contributed by atoms with Crippen molar-refractivity contribution in [2.75, 3.05) is 6.54 Å². The minimum absolute atomic E-state index is 0.154. The van der Waals surface area contributed by atoms with Crippen LogP contribution < -0.4 is 5.73 Å². The molecular formula is C15H26N2O. The summed E-state index contributed by atoms with van der Waals surface area (Å²) in [4.78, 5) is 14.7. The van der Waals surface area contributed by atoms with Gasteiger partial charge >= 0.3 is 0 Å². The lowest BCUT2D eigenvalue weighted by Gasteiger charge is -2.46. The van der Waals surface area contributed by atoms with Gasteiger partial charge in [0, 0.05) is 24.5 Å². The lowest BCUT2D eigenvalue weighted by Crippen LogP contribution is -2.55. The third-order valence-corrected chi connectivity index (χ3v) is 5.42. The molecule has 0 aromatic carbocycles. The highest BCUT2D eigenvalue weighted by atomic mass is 16.2. The molecule has 2 aliphatic carbocycles. The Morgan fingerprint density at radius 3 is 2.56 bits per heavy atom. The maximum atomic E-state index is 12.5. The molecule has 1 saturated heterocycles. The quantitative estimate of drug-likeness (QED) is 0.818. The minimum Gasteiger partial charge on any atom is -0.339 e. The monoisotopic (exact) mass is 250 g/mol. The fourth-order valence-electron chi connectivity index (χ4n) is 4.14. The van der Waals surface area contributed by atoms with Crippen molar-refractivity contribution in [2.24, 2.45) is 11.7 Å². The molecule has 0 bridgehead atoms. The average molecular weight is 250 g/mol. The maximum Gasteiger partial charge on any atom is 0.224 e. The zero-order valence-electron chi connectivity index (χ0n) is 11.4. The first-order chi connectivity index (χ1) is 8.68. The molecule has 102 valence electrons. The van der Waals surface area contributed by atoms with E-state index in [1.165, 1.54) is 44.9 Å². The van der Waals surface area contributed by atoms with Gasteiger partial charge < -0.3 is 10.6 Å². The van der Waals surface area contributed by atoms with Crippen molar-refractivity contribution in [3.8, 4) is 0 Å². The van der Waals surface area contributed by atoms with Crippen LogP contribution in [0.1, 0.15) is 64.2 Å². The number of hydrogen-bond acceptors (Lipinski definition) is 2. The van der Waals surface area contributed by atoms with E-state index in [1.807, 2.05) is 0 Å². The first kappa shape index (κ1) is 12.5. The van der Waals surface area contributed by atoms with Crippen LogP contribution in [0.2, 0.25) is 0 Å². The Hall–Kier alpha value is -0.570. The average Bonchev–Trinajstić information content (AvgIpc) is 2.36. The molecule has 18 heavy (non-hydrogen) atoms. The van der Waals surface area contributed by atoms with Gasteiger partial charge in [-0.25, -0.2) is 0 Å². The molecule has 2 N–H and O–H groups in total. The lowest BCUT2D eigenvalue weighted by atomic mass is 9.74. The molecule has 2 atom stereocenters. The van der Waals surface area contributed by atoms with Gasteiger partial charge in [0.25, 0.3) is 0 Å². The summed E-state index contributed by atoms with van der Waals surface area (Å²) in [6.07, 6.45) is 11.7. The highest BCUT2D eigenvalue weighted by Gasteiger charge is 2.40. The molecule has 2 unspecified atom stereocenters. The molecule has 2 saturated carbocycles. The maximum absolute atomic E-state index is 12.5. The number of rotatable bonds is 2. The summed E-state index contributed by atoms with van der Waals surface area (Å²) in [5, 5.41) is 0. The number of piperidine rings is 1. The molecule has 1 amide bonds. The second-order valence-electron chi connectivity index (χ2n) is 6.73. The van der Waals surface area contributed by atoms with Crippen LogP contribution in [0.15, 0.2) is 0 Å². The summed E-state index contributed by atoms with van der Waals surface area (Å²) >= 11 is 0. The van der Waals surface area contributed by atoms with Crippen molar-refractivity contribution >= 4 is 5.91 Å². The van der Waals surface area contributed by atoms with Gasteiger partial charge in [-0.05, 0) is 50.9 Å². The summed E-state index contributed by atoms with van der Waals surface area (Å²) in [7, 11) is 0. The molecule has 0 aromatic rings. The lowest BCUT2D eigenvalue weighted by molar-refractivity contribution is -0.139. The van der Waals surface area contributed by atoms with Crippen LogP contribution in [0, 0.1) is 5.92 Å². The molecule has 0 spiro atoms. The van der Waals surface area contributed by atoms with E-state index in [4.69, 9.17) is 5.73 Å². The van der Waals surface area contributed by atoms with E-state index in [0.717, 1.165) is 25.3 Å². The van der Waals surface area contributed by atoms with Gasteiger partial charge in [0.1, 0.15) is 0 Å². The number of fused-ring (bicyclic) bond motifs is 1. The van der Waals surface area contributed by atoms with Gasteiger partial charge in [-0.2, -0.15) is 0 Å². The van der Waals surface area contributed by atoms with Crippen LogP contribution in [0.3, 0.4) is 0 Å². The Bertz CT molecular complexity index is 322. The third-order valence-electron chi connectivity index (χ3n) is 5.42. The van der Waals surface area contributed by atoms with E-state index in [9.17, 15) is 4.79 Å². The summed E-state index contributed by atoms with van der Waals surface area (Å²) in [5.74, 6) is 1.13. The largest absolute Gasteiger partial charge is 0.339 e. The smallest absolute Gasteiger partial charge is 0.224 e. The van der Waals surface area contributed by atoms with E-state index in [-0.39, 0.29) is 5.54 Å². The van der Waals surface area contributed by atoms with E-state index >= 15 is 0 Å². The molecule has 3 rings (SSSR count). The molecule has 3 aliphatic rings. The topological polar surface area (TPSA) is 46.3 Å². The molecule has 3 fully saturated rings. The van der Waals surface area contributed by atoms with E-state index in [1.54, 1.807) is 0 Å². The van der Waals surface area contributed by atoms with E-state index in [2.05, 4.69) is 4.90 Å². The van der Waals surface area contributed by atoms with Crippen molar-refractivity contribution in [1.29, 1.82) is 0 Å². The normalized spacial score (nSPS) is 34.6. The number of carbonyl (C=O) groups is 1. The predicted octanol–water partition coefficient (Wildman–Crippen LogP) is 2.44. The fraction of sp³-hybridized carbons (Fsp3) is 0.933. The van der Waals surface area contributed by atoms with Crippen molar-refractivity contribution in [3.63, 3.8) is 0 Å². The highest BCUT2D eigenvalue weighted by Crippen LogP contribution is 2.37. The van der Waals surface area contributed by atoms with Crippen LogP contribution in [-0.4, -0.2) is 28.9 Å². The summed E-state index contributed by atoms with van der Waals surface area (Å²) in [5.41, 5.74) is 6.08. The standard InChI is InChI=1S/C15H26N2O/c16-15(8-4-9-15)11-14(18)17-10-3-6-12-5-1-2-7-13(12)17/h12-13H,1-11,16H2. The van der Waals surface area contributed by atoms with E-state index in [0.29, 0.717) is 18.4 Å². The number of carbonyl (C=O) groups excluding carboxylic acids is 1. The highest BCUT2D eigenvalue weighted by molar-refractivity contribution is 5.78. The van der Waals surface area contributed by atoms with Crippen LogP contribution in [0.25, 0.3) is 0 Å². The Labute approximate surface area is 110 Å². The number of likely N-dealkylation sites (tertiary alicyclic amines) is 1. The molecule has 1 aliphatic heterocycles. The Morgan fingerprint density at radius 1 is 1.11 bits per heavy atom. The van der Waals surface area contributed by atoms with Crippen LogP contribution in [0.4, 0.5) is 0 Å². The zero-order chi connectivity index (χ0) is 12.6. The van der Waals surface area contributed by atoms with Crippen LogP contribution in [-0.2, 0) is 4.79 Å². The molecule has 0 aromatic heterocycles. The van der Waals surface area contributed by atoms with Gasteiger partial charge in [0.05, 0.1) is 0 Å². The molecule has 1 heterocycles. The first-order valence-corrected chi connectivity index (χ1v) is 7.76. The summed E-state index contributed by atoms with van der Waals surface area (Å²) in [6, 6.07) is 0.545. The van der Waals surface area contributed by atoms with Crippen molar-refractivity contribution in [1.82, 2.24) is 4.90 Å². The minimum atomic E-state index is -0.154. The number of amides is 1. The molecule has 3 nitrogen and oxygen atoms in total.